The van der Waals surface area contributed by atoms with Crippen LogP contribution in [0.4, 0.5) is 0 Å². The minimum Gasteiger partial charge on any atom is -0.395 e. The summed E-state index contributed by atoms with van der Waals surface area (Å²) in [5.41, 5.74) is 1.72. The van der Waals surface area contributed by atoms with Gasteiger partial charge in [-0.25, -0.2) is 9.13 Å². The summed E-state index contributed by atoms with van der Waals surface area (Å²) >= 11 is 0. The number of hydrogen-bond acceptors (Lipinski definition) is 7. The predicted octanol–water partition coefficient (Wildman–Crippen LogP) is 9.38. The lowest BCUT2D eigenvalue weighted by Gasteiger charge is -2.52. The molecular weight excluding hydrogens is 875 g/mol. The van der Waals surface area contributed by atoms with Crippen LogP contribution in [0.3, 0.4) is 0 Å². The number of benzene rings is 6. The average molecular weight is 939 g/mol. The van der Waals surface area contributed by atoms with Gasteiger partial charge in [0, 0.05) is 21.7 Å². The number of rotatable bonds is 16. The molecule has 0 heterocycles. The van der Waals surface area contributed by atoms with Gasteiger partial charge in [0.2, 0.25) is 0 Å². The Hall–Kier alpha value is -4.58. The largest absolute Gasteiger partial charge is 0.478 e. The van der Waals surface area contributed by atoms with Crippen molar-refractivity contribution in [3.63, 3.8) is 0 Å². The zero-order chi connectivity index (χ0) is 49.0. The van der Waals surface area contributed by atoms with Gasteiger partial charge in [0.1, 0.15) is 5.60 Å². The summed E-state index contributed by atoms with van der Waals surface area (Å²) in [5.74, 6) is 0. The van der Waals surface area contributed by atoms with Crippen LogP contribution in [0, 0.1) is 5.41 Å². The van der Waals surface area contributed by atoms with Crippen molar-refractivity contribution in [3.8, 4) is 0 Å². The molecule has 0 aromatic heterocycles. The van der Waals surface area contributed by atoms with Crippen LogP contribution in [0.25, 0.3) is 0 Å². The van der Waals surface area contributed by atoms with Crippen LogP contribution in [-0.2, 0) is 40.7 Å². The van der Waals surface area contributed by atoms with Gasteiger partial charge in [-0.1, -0.05) is 213 Å². The number of aliphatic hydroxyl groups excluding tert-OH is 3. The third-order valence-electron chi connectivity index (χ3n) is 13.4. The van der Waals surface area contributed by atoms with Crippen molar-refractivity contribution in [2.75, 3.05) is 19.8 Å². The molecule has 0 saturated heterocycles. The van der Waals surface area contributed by atoms with Gasteiger partial charge in [0.15, 0.2) is 0 Å². The lowest BCUT2D eigenvalue weighted by molar-refractivity contribution is -0.138. The Bertz CT molecular complexity index is 2320. The Morgan fingerprint density at radius 1 is 0.379 bits per heavy atom. The van der Waals surface area contributed by atoms with Crippen molar-refractivity contribution in [2.45, 2.75) is 82.7 Å². The van der Waals surface area contributed by atoms with E-state index in [1.165, 1.54) is 0 Å². The maximum Gasteiger partial charge on any atom is 0.478 e. The molecule has 0 spiro atoms. The molecule has 8 N–H and O–H groups in total. The van der Waals surface area contributed by atoms with Crippen molar-refractivity contribution in [3.05, 3.63) is 213 Å². The lowest BCUT2D eigenvalue weighted by atomic mass is 9.55. The zero-order valence-electron chi connectivity index (χ0n) is 38.8. The lowest BCUT2D eigenvalue weighted by Crippen LogP contribution is -2.57. The van der Waals surface area contributed by atoms with Gasteiger partial charge in [-0.15, -0.1) is 0 Å². The second-order valence-electron chi connectivity index (χ2n) is 18.9. The van der Waals surface area contributed by atoms with Crippen LogP contribution in [0.1, 0.15) is 111 Å². The molecule has 0 aliphatic rings. The highest BCUT2D eigenvalue weighted by Gasteiger charge is 2.59. The van der Waals surface area contributed by atoms with Crippen LogP contribution >= 0.6 is 15.6 Å². The molecule has 6 aromatic rings. The van der Waals surface area contributed by atoms with E-state index < -0.39 is 68.1 Å². The van der Waals surface area contributed by atoms with Gasteiger partial charge < -0.3 is 40.0 Å². The highest BCUT2D eigenvalue weighted by molar-refractivity contribution is 7.60. The molecule has 0 bridgehead atoms. The molecule has 11 nitrogen and oxygen atoms in total. The summed E-state index contributed by atoms with van der Waals surface area (Å²) in [6.45, 7) is 15.2. The van der Waals surface area contributed by atoms with Crippen molar-refractivity contribution in [1.82, 2.24) is 0 Å². The van der Waals surface area contributed by atoms with Crippen LogP contribution in [0.5, 0.6) is 0 Å². The molecule has 6 rings (SSSR count). The fraction of sp³-hybridized carbons (Fsp3) is 0.321. The fourth-order valence-corrected chi connectivity index (χ4v) is 10.4. The summed E-state index contributed by atoms with van der Waals surface area (Å²) < 4.78 is 22.2. The summed E-state index contributed by atoms with van der Waals surface area (Å²) in [6.07, 6.45) is 0. The second kappa shape index (κ2) is 19.9. The average Bonchev–Trinajstić information content (AvgIpc) is 3.29. The molecule has 0 radical (unpaired) electrons. The summed E-state index contributed by atoms with van der Waals surface area (Å²) in [5, 5.41) is 50.3. The van der Waals surface area contributed by atoms with Gasteiger partial charge in [0.25, 0.3) is 0 Å². The molecule has 13 heteroatoms. The smallest absolute Gasteiger partial charge is 0.395 e. The van der Waals surface area contributed by atoms with Crippen molar-refractivity contribution in [1.29, 1.82) is 0 Å². The fourth-order valence-electron chi connectivity index (χ4n) is 9.30. The Balaban J connectivity index is 0.000000820. The molecule has 0 amide bonds. The van der Waals surface area contributed by atoms with Gasteiger partial charge in [-0.2, -0.15) is 4.31 Å². The van der Waals surface area contributed by atoms with Crippen LogP contribution in [0.2, 0.25) is 0 Å². The van der Waals surface area contributed by atoms with E-state index in [0.29, 0.717) is 11.1 Å². The van der Waals surface area contributed by atoms with E-state index in [4.69, 9.17) is 19.6 Å². The highest BCUT2D eigenvalue weighted by Crippen LogP contribution is 2.58. The first-order valence-electron chi connectivity index (χ1n) is 21.6. The Labute approximate surface area is 388 Å². The zero-order valence-corrected chi connectivity index (χ0v) is 40.6. The minimum absolute atomic E-state index is 0.561. The maximum absolute atomic E-state index is 14.9. The first-order valence-corrected chi connectivity index (χ1v) is 24.7. The third kappa shape index (κ3) is 10.4. The van der Waals surface area contributed by atoms with E-state index in [2.05, 4.69) is 145 Å². The summed E-state index contributed by atoms with van der Waals surface area (Å²) in [7, 11) is -10.1. The van der Waals surface area contributed by atoms with E-state index in [1.807, 2.05) is 72.8 Å². The number of hydrogen-bond donors (Lipinski definition) is 8. The molecule has 0 saturated carbocycles. The third-order valence-corrected chi connectivity index (χ3v) is 15.1. The number of phosphoric acid groups is 2. The molecule has 0 atom stereocenters. The van der Waals surface area contributed by atoms with Gasteiger partial charge in [-0.05, 0) is 55.6 Å². The van der Waals surface area contributed by atoms with Gasteiger partial charge in [-0.3, -0.25) is 0 Å². The molecule has 6 aromatic carbocycles. The number of aliphatic hydroxyl groups is 4. The van der Waals surface area contributed by atoms with Crippen LogP contribution < -0.4 is 0 Å². The first-order chi connectivity index (χ1) is 30.8. The van der Waals surface area contributed by atoms with E-state index in [0.717, 1.165) is 44.5 Å². The highest BCUT2D eigenvalue weighted by atomic mass is 31.3. The topological polar surface area (TPSA) is 205 Å². The monoisotopic (exact) mass is 938 g/mol. The standard InChI is InChI=1S/C53H60O4.H4O7P2/c1-48(2,38-23-13-9-14-24-38)42-31-21-32-43(49(3,4)39-25-15-10-16-26-39)46(42)53(57,52(35-54,36-55)37-56)47-44(50(5,6)40-27-17-11-18-28-40)33-22-34-45(47)51(7,8)41-29-19-12-20-30-41;1-8(2,3)7-9(4,5)6/h9-34,54-57H,35-37H2,1-8H3;(H2,1,2,3)(H2,4,5,6). The van der Waals surface area contributed by atoms with E-state index in [9.17, 15) is 29.6 Å². The summed E-state index contributed by atoms with van der Waals surface area (Å²) in [4.78, 5) is 31.0. The second-order valence-corrected chi connectivity index (χ2v) is 21.6. The summed E-state index contributed by atoms with van der Waals surface area (Å²) in [6, 6.07) is 53.4. The SMILES string of the molecule is CC(C)(c1ccccc1)c1cccc(C(C)(C)c2ccccc2)c1C(O)(c1c(C(C)(C)c2ccccc2)cccc1C(C)(C)c1ccccc1)C(CO)(CO)CO.O=P(O)(O)OP(=O)(O)O. The molecule has 0 aliphatic carbocycles. The van der Waals surface area contributed by atoms with Crippen molar-refractivity contribution in [2.24, 2.45) is 5.41 Å². The first kappa shape index (κ1) is 52.4. The molecule has 66 heavy (non-hydrogen) atoms. The Morgan fingerprint density at radius 2 is 0.591 bits per heavy atom. The van der Waals surface area contributed by atoms with E-state index in [-0.39, 0.29) is 0 Å². The molecule has 0 aliphatic heterocycles. The van der Waals surface area contributed by atoms with Crippen LogP contribution in [0.15, 0.2) is 158 Å². The Morgan fingerprint density at radius 3 is 0.758 bits per heavy atom. The van der Waals surface area contributed by atoms with E-state index >= 15 is 0 Å². The van der Waals surface area contributed by atoms with E-state index in [1.54, 1.807) is 0 Å². The van der Waals surface area contributed by atoms with Crippen LogP contribution in [-0.4, -0.2) is 59.8 Å². The molecular formula is C53H64O11P2. The van der Waals surface area contributed by atoms with Gasteiger partial charge in [0.05, 0.1) is 25.2 Å². The van der Waals surface area contributed by atoms with Gasteiger partial charge >= 0.3 is 15.6 Å². The molecule has 0 unspecified atom stereocenters. The maximum atomic E-state index is 14.9. The normalized spacial score (nSPS) is 13.2. The minimum atomic E-state index is -5.05. The predicted molar refractivity (Wildman–Crippen MR) is 259 cm³/mol. The Kier molecular flexibility index (Phi) is 15.8. The quantitative estimate of drug-likeness (QED) is 0.0429. The molecule has 352 valence electrons. The van der Waals surface area contributed by atoms with Crippen molar-refractivity contribution >= 4 is 15.6 Å². The molecule has 0 fully saturated rings. The van der Waals surface area contributed by atoms with Crippen molar-refractivity contribution < 1.29 is 53.4 Å².